The molecule has 5 aromatic carbocycles. The number of thiazole rings is 2. The number of nitrogens with zero attached hydrogens (tertiary/aromatic N) is 5. The molecule has 1 unspecified atom stereocenters. The van der Waals surface area contributed by atoms with Gasteiger partial charge in [-0.2, -0.15) is 13.2 Å². The van der Waals surface area contributed by atoms with Gasteiger partial charge in [-0.1, -0.05) is 105 Å². The summed E-state index contributed by atoms with van der Waals surface area (Å²) in [5.74, 6) is -4.66. The Bertz CT molecular complexity index is 3790. The second-order valence-electron chi connectivity index (χ2n) is 22.5. The van der Waals surface area contributed by atoms with Crippen molar-refractivity contribution in [2.45, 2.75) is 110 Å². The molecule has 85 heavy (non-hydrogen) atoms. The van der Waals surface area contributed by atoms with Gasteiger partial charge in [0.1, 0.15) is 29.4 Å². The number of nitrogens with one attached hydrogen (secondary N) is 3. The number of aryl methyl sites for hydroxylation is 1. The minimum absolute atomic E-state index is 0.0430. The van der Waals surface area contributed by atoms with Crippen LogP contribution in [-0.4, -0.2) is 97.1 Å². The number of aliphatic hydroxyl groups is 1. The molecule has 3 aromatic heterocycles. The zero-order valence-electron chi connectivity index (χ0n) is 47.5. The normalized spacial score (nSPS) is 16.3. The molecule has 2 aliphatic rings. The molecule has 0 saturated carbocycles. The number of ether oxygens (including phenoxy) is 1. The second-order valence-corrected chi connectivity index (χ2v) is 24.4. The van der Waals surface area contributed by atoms with E-state index < -0.39 is 78.3 Å². The van der Waals surface area contributed by atoms with E-state index in [-0.39, 0.29) is 35.9 Å². The van der Waals surface area contributed by atoms with Crippen LogP contribution < -0.4 is 25.6 Å². The average Bonchev–Trinajstić information content (AvgIpc) is 4.00. The summed E-state index contributed by atoms with van der Waals surface area (Å²) >= 11 is 2.91. The highest BCUT2D eigenvalue weighted by Crippen LogP contribution is 2.41. The highest BCUT2D eigenvalue weighted by atomic mass is 32.1. The summed E-state index contributed by atoms with van der Waals surface area (Å²) in [6, 6.07) is 31.9. The predicted octanol–water partition coefficient (Wildman–Crippen LogP) is 12.2. The Labute approximate surface area is 497 Å². The quantitative estimate of drug-likeness (QED) is 0.0576. The lowest BCUT2D eigenvalue weighted by Crippen LogP contribution is -2.57. The Morgan fingerprint density at radius 3 is 2.26 bits per heavy atom. The topological polar surface area (TPSA) is 216 Å². The molecule has 5 atom stereocenters. The highest BCUT2D eigenvalue weighted by Gasteiger charge is 2.46. The molecule has 16 nitrogen and oxygen atoms in total. The molecule has 440 valence electrons. The number of likely N-dealkylation sites (tertiary alicyclic amines) is 1. The summed E-state index contributed by atoms with van der Waals surface area (Å²) in [7, 11) is 0. The predicted molar refractivity (Wildman–Crippen MR) is 321 cm³/mol. The second kappa shape index (κ2) is 24.6. The molecule has 5 N–H and O–H groups in total. The maximum Gasteiger partial charge on any atom is 0.395 e. The number of rotatable bonds is 17. The van der Waals surface area contributed by atoms with Crippen LogP contribution in [0.1, 0.15) is 113 Å². The van der Waals surface area contributed by atoms with Gasteiger partial charge in [0.15, 0.2) is 10.8 Å². The van der Waals surface area contributed by atoms with E-state index in [4.69, 9.17) is 4.74 Å². The van der Waals surface area contributed by atoms with E-state index in [1.807, 2.05) is 72.5 Å². The lowest BCUT2D eigenvalue weighted by molar-refractivity contribution is -0.153. The zero-order valence-corrected chi connectivity index (χ0v) is 49.1. The van der Waals surface area contributed by atoms with E-state index in [1.54, 1.807) is 76.5 Å². The van der Waals surface area contributed by atoms with Crippen molar-refractivity contribution in [1.82, 2.24) is 30.5 Å². The maximum atomic E-state index is 14.9. The molecule has 10 rings (SSSR count). The SMILES string of the molecule is Cc1ncsc1-c1ccc([C@H](C)NC(=O)[C@@H]2C[C@@H](O)CN2C(=O)[C@@H](NC(=O)CCC(c2ccc(Oc3cccc(-c4ccc(N5CCc6cccc(C(=O)Nc7nc8ccccc8s7)c6C5)nc4C(=O)O)c3C)cc2)C(F)(F)F)C(C)(C)C)cc1. The Hall–Kier alpha value is -8.53. The van der Waals surface area contributed by atoms with Gasteiger partial charge < -0.3 is 35.4 Å². The lowest BCUT2D eigenvalue weighted by Gasteiger charge is -2.35. The van der Waals surface area contributed by atoms with Crippen LogP contribution in [-0.2, 0) is 27.3 Å². The standard InChI is InChI=1S/C64H63F3N8O8S2/c1-35-44(45-25-27-53(71-55(45)61(81)82)74-30-29-39-11-9-13-46(47(39)33-74)58(78)73-62-70-49-14-7-8-16-52(49)85-62)12-10-15-51(35)83-43-23-21-40(22-24-43)48(64(65,66)67)26-28-54(77)72-57(63(4,5)6)60(80)75-32-42(76)31-50(75)59(79)69-36(2)38-17-19-41(20-18-38)56-37(3)68-34-84-56/h7-25,27,34,36,42,48,50,57,76H,26,28-33H2,1-6H3,(H,69,79)(H,72,77)(H,81,82)(H,70,73,78)/t36-,42+,48?,50-,57+/m0/s1. The third kappa shape index (κ3) is 13.2. The molecule has 0 radical (unpaired) electrons. The van der Waals surface area contributed by atoms with E-state index >= 15 is 0 Å². The van der Waals surface area contributed by atoms with Crippen LogP contribution in [0.3, 0.4) is 0 Å². The van der Waals surface area contributed by atoms with Crippen molar-refractivity contribution in [3.63, 3.8) is 0 Å². The van der Waals surface area contributed by atoms with Crippen LogP contribution >= 0.6 is 22.7 Å². The van der Waals surface area contributed by atoms with E-state index in [0.717, 1.165) is 43.0 Å². The smallest absolute Gasteiger partial charge is 0.395 e. The third-order valence-corrected chi connectivity index (χ3v) is 17.6. The van der Waals surface area contributed by atoms with Gasteiger partial charge in [0, 0.05) is 43.6 Å². The number of carboxylic acids is 1. The molecule has 0 aliphatic carbocycles. The zero-order chi connectivity index (χ0) is 60.5. The summed E-state index contributed by atoms with van der Waals surface area (Å²) in [5.41, 5.74) is 7.62. The van der Waals surface area contributed by atoms with Gasteiger partial charge in [-0.15, -0.1) is 11.3 Å². The van der Waals surface area contributed by atoms with Crippen molar-refractivity contribution in [2.24, 2.45) is 5.41 Å². The van der Waals surface area contributed by atoms with Crippen molar-refractivity contribution < 1.29 is 52.1 Å². The minimum atomic E-state index is -4.76. The number of aromatic carboxylic acids is 1. The summed E-state index contributed by atoms with van der Waals surface area (Å²) in [4.78, 5) is 86.1. The number of anilines is 2. The molecule has 21 heteroatoms. The van der Waals surface area contributed by atoms with Gasteiger partial charge in [-0.3, -0.25) is 24.5 Å². The number of β-amino-alcohol motifs (C(OH)–C–C–N with tert-alkyl or cyclic N) is 1. The van der Waals surface area contributed by atoms with Crippen LogP contribution in [0.25, 0.3) is 31.8 Å². The first kappa shape index (κ1) is 59.6. The molecule has 0 spiro atoms. The summed E-state index contributed by atoms with van der Waals surface area (Å²) in [6.45, 7) is 11.2. The average molecular weight is 1190 g/mol. The van der Waals surface area contributed by atoms with Crippen LogP contribution in [0.15, 0.2) is 127 Å². The summed E-state index contributed by atoms with van der Waals surface area (Å²) in [5, 5.41) is 30.3. The number of halogens is 3. The van der Waals surface area contributed by atoms with Gasteiger partial charge in [-0.25, -0.2) is 19.7 Å². The van der Waals surface area contributed by atoms with E-state index in [1.165, 1.54) is 51.8 Å². The number of aromatic nitrogens is 3. The molecular weight excluding hydrogens is 1130 g/mol. The summed E-state index contributed by atoms with van der Waals surface area (Å²) in [6.07, 6.45) is -6.48. The number of benzene rings is 5. The van der Waals surface area contributed by atoms with Gasteiger partial charge in [0.05, 0.1) is 44.4 Å². The Morgan fingerprint density at radius 1 is 0.835 bits per heavy atom. The van der Waals surface area contributed by atoms with E-state index in [2.05, 4.69) is 30.9 Å². The largest absolute Gasteiger partial charge is 0.476 e. The number of carboxylic acid groups (broad SMARTS) is 1. The van der Waals surface area contributed by atoms with Gasteiger partial charge >= 0.3 is 12.1 Å². The highest BCUT2D eigenvalue weighted by molar-refractivity contribution is 7.22. The van der Waals surface area contributed by atoms with Crippen molar-refractivity contribution >= 4 is 73.4 Å². The fraction of sp³-hybridized carbons (Fsp3) is 0.312. The molecule has 4 amide bonds. The fourth-order valence-corrected chi connectivity index (χ4v) is 12.7. The maximum absolute atomic E-state index is 14.9. The molecule has 2 aliphatic heterocycles. The number of aliphatic hydroxyl groups excluding tert-OH is 1. The van der Waals surface area contributed by atoms with Gasteiger partial charge in [0.2, 0.25) is 17.7 Å². The Balaban J connectivity index is 0.776. The van der Waals surface area contributed by atoms with Crippen molar-refractivity contribution in [1.29, 1.82) is 0 Å². The third-order valence-electron chi connectivity index (χ3n) is 15.6. The number of amides is 4. The monoisotopic (exact) mass is 1190 g/mol. The first-order chi connectivity index (χ1) is 40.5. The molecule has 1 saturated heterocycles. The number of para-hydroxylation sites is 1. The Morgan fingerprint density at radius 2 is 1.56 bits per heavy atom. The molecular formula is C64H63F3N8O8S2. The van der Waals surface area contributed by atoms with Gasteiger partial charge in [-0.05, 0) is 127 Å². The number of hydrogen-bond donors (Lipinski definition) is 5. The van der Waals surface area contributed by atoms with Crippen LogP contribution in [0.2, 0.25) is 0 Å². The fourth-order valence-electron chi connectivity index (χ4n) is 11.0. The van der Waals surface area contributed by atoms with Crippen molar-refractivity contribution in [2.75, 3.05) is 23.3 Å². The van der Waals surface area contributed by atoms with Crippen molar-refractivity contribution in [3.8, 4) is 33.1 Å². The number of carbonyl (C=O) groups is 5. The van der Waals surface area contributed by atoms with Crippen molar-refractivity contribution in [3.05, 3.63) is 172 Å². The lowest BCUT2D eigenvalue weighted by atomic mass is 9.85. The first-order valence-electron chi connectivity index (χ1n) is 27.8. The number of carbonyl (C=O) groups excluding carboxylic acids is 4. The summed E-state index contributed by atoms with van der Waals surface area (Å²) < 4.78 is 51.7. The molecule has 0 bridgehead atoms. The first-order valence-corrected chi connectivity index (χ1v) is 29.5. The number of hydrogen-bond acceptors (Lipinski definition) is 13. The van der Waals surface area contributed by atoms with E-state index in [9.17, 15) is 47.4 Å². The number of fused-ring (bicyclic) bond motifs is 2. The number of alkyl halides is 3. The van der Waals surface area contributed by atoms with Crippen LogP contribution in [0.4, 0.5) is 24.1 Å². The molecule has 5 heterocycles. The Kier molecular flexibility index (Phi) is 17.2. The molecule has 8 aromatic rings. The van der Waals surface area contributed by atoms with Crippen LogP contribution in [0.5, 0.6) is 11.5 Å². The van der Waals surface area contributed by atoms with Gasteiger partial charge in [0.25, 0.3) is 5.91 Å². The minimum Gasteiger partial charge on any atom is -0.476 e. The van der Waals surface area contributed by atoms with Crippen LogP contribution in [0, 0.1) is 19.3 Å². The molecule has 1 fully saturated rings. The van der Waals surface area contributed by atoms with E-state index in [0.29, 0.717) is 58.5 Å². The number of pyridine rings is 1.